The molecule has 0 atom stereocenters. The number of benzene rings is 2. The van der Waals surface area contributed by atoms with Crippen molar-refractivity contribution in [1.82, 2.24) is 0 Å². The van der Waals surface area contributed by atoms with Crippen LogP contribution in [-0.4, -0.2) is 12.2 Å². The van der Waals surface area contributed by atoms with Gasteiger partial charge in [-0.1, -0.05) is 12.1 Å². The summed E-state index contributed by atoms with van der Waals surface area (Å²) in [5.41, 5.74) is 3.84. The first kappa shape index (κ1) is 13.7. The third-order valence-electron chi connectivity index (χ3n) is 3.21. The van der Waals surface area contributed by atoms with Gasteiger partial charge in [0.25, 0.3) is 5.91 Å². The molecule has 3 heteroatoms. The highest BCUT2D eigenvalue weighted by molar-refractivity contribution is 7.98. The molecule has 2 rings (SSSR count). The molecule has 2 aromatic carbocycles. The zero-order chi connectivity index (χ0) is 13.8. The summed E-state index contributed by atoms with van der Waals surface area (Å²) in [6.45, 7) is 4.06. The van der Waals surface area contributed by atoms with E-state index in [1.165, 1.54) is 5.56 Å². The molecule has 0 aliphatic carbocycles. The van der Waals surface area contributed by atoms with Gasteiger partial charge in [-0.2, -0.15) is 0 Å². The molecule has 0 aliphatic heterocycles. The maximum atomic E-state index is 12.2. The lowest BCUT2D eigenvalue weighted by Crippen LogP contribution is -2.12. The standard InChI is InChI=1S/C16H17NOS/c1-11-5-4-6-15(12(11)2)17-16(18)13-7-9-14(19-3)10-8-13/h4-10H,1-3H3,(H,17,18). The van der Waals surface area contributed by atoms with Gasteiger partial charge < -0.3 is 5.32 Å². The van der Waals surface area contributed by atoms with Gasteiger partial charge in [-0.15, -0.1) is 11.8 Å². The maximum Gasteiger partial charge on any atom is 0.255 e. The van der Waals surface area contributed by atoms with Crippen LogP contribution < -0.4 is 5.32 Å². The number of anilines is 1. The van der Waals surface area contributed by atoms with E-state index in [1.807, 2.05) is 62.6 Å². The van der Waals surface area contributed by atoms with Crippen LogP contribution in [0.25, 0.3) is 0 Å². The van der Waals surface area contributed by atoms with Crippen molar-refractivity contribution >= 4 is 23.4 Å². The monoisotopic (exact) mass is 271 g/mol. The van der Waals surface area contributed by atoms with Crippen LogP contribution in [0.3, 0.4) is 0 Å². The number of aryl methyl sites for hydroxylation is 1. The van der Waals surface area contributed by atoms with E-state index in [1.54, 1.807) is 11.8 Å². The summed E-state index contributed by atoms with van der Waals surface area (Å²) in [7, 11) is 0. The molecule has 0 saturated carbocycles. The summed E-state index contributed by atoms with van der Waals surface area (Å²) in [5, 5.41) is 2.96. The molecule has 0 bridgehead atoms. The Kier molecular flexibility index (Phi) is 4.27. The molecule has 2 nitrogen and oxygen atoms in total. The number of nitrogens with one attached hydrogen (secondary N) is 1. The first-order valence-corrected chi connectivity index (χ1v) is 7.36. The highest BCUT2D eigenvalue weighted by Gasteiger charge is 2.08. The molecule has 1 amide bonds. The second-order valence-electron chi connectivity index (χ2n) is 4.43. The van der Waals surface area contributed by atoms with E-state index in [2.05, 4.69) is 5.32 Å². The van der Waals surface area contributed by atoms with Crippen LogP contribution in [0, 0.1) is 13.8 Å². The second kappa shape index (κ2) is 5.93. The summed E-state index contributed by atoms with van der Waals surface area (Å²) in [6.07, 6.45) is 2.02. The first-order chi connectivity index (χ1) is 9.11. The van der Waals surface area contributed by atoms with Crippen molar-refractivity contribution < 1.29 is 4.79 Å². The minimum Gasteiger partial charge on any atom is -0.322 e. The highest BCUT2D eigenvalue weighted by atomic mass is 32.2. The average Bonchev–Trinajstić information content (AvgIpc) is 2.44. The van der Waals surface area contributed by atoms with Crippen molar-refractivity contribution in [2.45, 2.75) is 18.7 Å². The van der Waals surface area contributed by atoms with E-state index in [0.29, 0.717) is 5.56 Å². The predicted molar refractivity (Wildman–Crippen MR) is 82.1 cm³/mol. The number of hydrogen-bond donors (Lipinski definition) is 1. The first-order valence-electron chi connectivity index (χ1n) is 6.13. The molecule has 0 spiro atoms. The van der Waals surface area contributed by atoms with Gasteiger partial charge in [0.15, 0.2) is 0 Å². The van der Waals surface area contributed by atoms with Gasteiger partial charge in [0.1, 0.15) is 0 Å². The minimum absolute atomic E-state index is 0.0682. The van der Waals surface area contributed by atoms with Crippen molar-refractivity contribution in [2.24, 2.45) is 0 Å². The predicted octanol–water partition coefficient (Wildman–Crippen LogP) is 4.28. The van der Waals surface area contributed by atoms with Gasteiger partial charge in [-0.3, -0.25) is 4.79 Å². The summed E-state index contributed by atoms with van der Waals surface area (Å²) in [6, 6.07) is 13.5. The molecule has 0 aliphatic rings. The van der Waals surface area contributed by atoms with Crippen LogP contribution in [-0.2, 0) is 0 Å². The Hall–Kier alpha value is -1.74. The molecule has 0 unspecified atom stereocenters. The number of amides is 1. The molecule has 98 valence electrons. The Balaban J connectivity index is 2.18. The quantitative estimate of drug-likeness (QED) is 0.844. The van der Waals surface area contributed by atoms with Crippen LogP contribution in [0.15, 0.2) is 47.4 Å². The van der Waals surface area contributed by atoms with Crippen LogP contribution in [0.5, 0.6) is 0 Å². The molecule has 0 radical (unpaired) electrons. The zero-order valence-electron chi connectivity index (χ0n) is 11.4. The zero-order valence-corrected chi connectivity index (χ0v) is 12.2. The van der Waals surface area contributed by atoms with Gasteiger partial charge in [-0.05, 0) is 61.6 Å². The fourth-order valence-electron chi connectivity index (χ4n) is 1.82. The SMILES string of the molecule is CSc1ccc(C(=O)Nc2cccc(C)c2C)cc1. The maximum absolute atomic E-state index is 12.2. The summed E-state index contributed by atoms with van der Waals surface area (Å²) < 4.78 is 0. The Morgan fingerprint density at radius 3 is 2.37 bits per heavy atom. The van der Waals surface area contributed by atoms with E-state index < -0.39 is 0 Å². The molecule has 1 N–H and O–H groups in total. The Labute approximate surface area is 118 Å². The van der Waals surface area contributed by atoms with E-state index in [0.717, 1.165) is 16.1 Å². The fourth-order valence-corrected chi connectivity index (χ4v) is 2.23. The summed E-state index contributed by atoms with van der Waals surface area (Å²) in [5.74, 6) is -0.0682. The second-order valence-corrected chi connectivity index (χ2v) is 5.31. The topological polar surface area (TPSA) is 29.1 Å². The highest BCUT2D eigenvalue weighted by Crippen LogP contribution is 2.20. The third-order valence-corrected chi connectivity index (χ3v) is 3.95. The Bertz CT molecular complexity index is 590. The molecule has 2 aromatic rings. The number of hydrogen-bond acceptors (Lipinski definition) is 2. The fraction of sp³-hybridized carbons (Fsp3) is 0.188. The molecule has 0 saturated heterocycles. The average molecular weight is 271 g/mol. The van der Waals surface area contributed by atoms with Crippen LogP contribution in [0.1, 0.15) is 21.5 Å². The van der Waals surface area contributed by atoms with Crippen LogP contribution in [0.2, 0.25) is 0 Å². The van der Waals surface area contributed by atoms with Crippen LogP contribution >= 0.6 is 11.8 Å². The largest absolute Gasteiger partial charge is 0.322 e. The van der Waals surface area contributed by atoms with Crippen molar-refractivity contribution in [3.8, 4) is 0 Å². The number of carbonyl (C=O) groups is 1. The number of rotatable bonds is 3. The molecular weight excluding hydrogens is 254 g/mol. The molecule has 0 heterocycles. The minimum atomic E-state index is -0.0682. The van der Waals surface area contributed by atoms with Gasteiger partial charge in [0, 0.05) is 16.1 Å². The van der Waals surface area contributed by atoms with Gasteiger partial charge in [0.2, 0.25) is 0 Å². The molecular formula is C16H17NOS. The van der Waals surface area contributed by atoms with Crippen molar-refractivity contribution in [3.63, 3.8) is 0 Å². The normalized spacial score (nSPS) is 10.3. The Morgan fingerprint density at radius 2 is 1.74 bits per heavy atom. The smallest absolute Gasteiger partial charge is 0.255 e. The lowest BCUT2D eigenvalue weighted by Gasteiger charge is -2.10. The van der Waals surface area contributed by atoms with Crippen molar-refractivity contribution in [2.75, 3.05) is 11.6 Å². The van der Waals surface area contributed by atoms with E-state index in [4.69, 9.17) is 0 Å². The molecule has 0 aromatic heterocycles. The van der Waals surface area contributed by atoms with Crippen molar-refractivity contribution in [3.05, 3.63) is 59.2 Å². The third kappa shape index (κ3) is 3.18. The lowest BCUT2D eigenvalue weighted by molar-refractivity contribution is 0.102. The van der Waals surface area contributed by atoms with Crippen molar-refractivity contribution in [1.29, 1.82) is 0 Å². The summed E-state index contributed by atoms with van der Waals surface area (Å²) in [4.78, 5) is 13.3. The number of thioether (sulfide) groups is 1. The van der Waals surface area contributed by atoms with E-state index in [-0.39, 0.29) is 5.91 Å². The Morgan fingerprint density at radius 1 is 1.05 bits per heavy atom. The van der Waals surface area contributed by atoms with E-state index in [9.17, 15) is 4.79 Å². The molecule has 0 fully saturated rings. The molecule has 19 heavy (non-hydrogen) atoms. The lowest BCUT2D eigenvalue weighted by atomic mass is 10.1. The van der Waals surface area contributed by atoms with Gasteiger partial charge >= 0.3 is 0 Å². The summed E-state index contributed by atoms with van der Waals surface area (Å²) >= 11 is 1.67. The van der Waals surface area contributed by atoms with Gasteiger partial charge in [-0.25, -0.2) is 0 Å². The van der Waals surface area contributed by atoms with Gasteiger partial charge in [0.05, 0.1) is 0 Å². The van der Waals surface area contributed by atoms with E-state index >= 15 is 0 Å². The number of carbonyl (C=O) groups excluding carboxylic acids is 1. The van der Waals surface area contributed by atoms with Crippen LogP contribution in [0.4, 0.5) is 5.69 Å².